The van der Waals surface area contributed by atoms with Crippen molar-refractivity contribution in [2.75, 3.05) is 33.2 Å². The zero-order chi connectivity index (χ0) is 12.3. The van der Waals surface area contributed by atoms with Gasteiger partial charge in [0.15, 0.2) is 0 Å². The number of hydrogen-bond acceptors (Lipinski definition) is 3. The van der Waals surface area contributed by atoms with Crippen molar-refractivity contribution < 1.29 is 4.79 Å². The summed E-state index contributed by atoms with van der Waals surface area (Å²) >= 11 is 0. The van der Waals surface area contributed by atoms with E-state index in [4.69, 9.17) is 5.73 Å². The summed E-state index contributed by atoms with van der Waals surface area (Å²) in [5.41, 5.74) is 7.02. The molecule has 0 spiro atoms. The molecule has 92 valence electrons. The van der Waals surface area contributed by atoms with Crippen molar-refractivity contribution in [3.05, 3.63) is 35.4 Å². The van der Waals surface area contributed by atoms with Crippen LogP contribution in [0.2, 0.25) is 0 Å². The fourth-order valence-corrected chi connectivity index (χ4v) is 2.04. The third kappa shape index (κ3) is 3.28. The molecule has 4 heteroatoms. The highest BCUT2D eigenvalue weighted by atomic mass is 16.1. The lowest BCUT2D eigenvalue weighted by Gasteiger charge is -2.32. The van der Waals surface area contributed by atoms with Crippen LogP contribution >= 0.6 is 0 Å². The van der Waals surface area contributed by atoms with E-state index in [1.807, 2.05) is 12.1 Å². The van der Waals surface area contributed by atoms with Crippen LogP contribution in [0.3, 0.4) is 0 Å². The van der Waals surface area contributed by atoms with Crippen LogP contribution in [-0.4, -0.2) is 48.9 Å². The molecule has 2 rings (SSSR count). The average Bonchev–Trinajstić information content (AvgIpc) is 2.33. The number of nitrogens with zero attached hydrogens (tertiary/aromatic N) is 2. The molecule has 1 amide bonds. The molecule has 2 N–H and O–H groups in total. The number of rotatable bonds is 3. The molecular weight excluding hydrogens is 214 g/mol. The molecule has 0 unspecified atom stereocenters. The Kier molecular flexibility index (Phi) is 3.76. The van der Waals surface area contributed by atoms with Gasteiger partial charge < -0.3 is 10.6 Å². The first-order chi connectivity index (χ1) is 8.15. The van der Waals surface area contributed by atoms with E-state index in [0.717, 1.165) is 32.7 Å². The molecule has 0 bridgehead atoms. The molecule has 1 aromatic carbocycles. The predicted octanol–water partition coefficient (Wildman–Crippen LogP) is 0.533. The topological polar surface area (TPSA) is 49.6 Å². The molecule has 1 aromatic rings. The molecule has 1 heterocycles. The van der Waals surface area contributed by atoms with Gasteiger partial charge >= 0.3 is 0 Å². The van der Waals surface area contributed by atoms with Crippen LogP contribution in [0.25, 0.3) is 0 Å². The van der Waals surface area contributed by atoms with Gasteiger partial charge in [0.1, 0.15) is 0 Å². The molecular formula is C13H19N3O. The van der Waals surface area contributed by atoms with Gasteiger partial charge in [-0.2, -0.15) is 0 Å². The van der Waals surface area contributed by atoms with Crippen LogP contribution in [0, 0.1) is 0 Å². The third-order valence-electron chi connectivity index (χ3n) is 3.24. The lowest BCUT2D eigenvalue weighted by atomic mass is 10.1. The highest BCUT2D eigenvalue weighted by molar-refractivity contribution is 5.92. The summed E-state index contributed by atoms with van der Waals surface area (Å²) in [6, 6.07) is 7.57. The zero-order valence-electron chi connectivity index (χ0n) is 10.2. The Balaban J connectivity index is 1.92. The van der Waals surface area contributed by atoms with E-state index >= 15 is 0 Å². The van der Waals surface area contributed by atoms with Crippen molar-refractivity contribution in [2.24, 2.45) is 5.73 Å². The van der Waals surface area contributed by atoms with Crippen molar-refractivity contribution in [1.82, 2.24) is 9.80 Å². The molecule has 1 saturated heterocycles. The number of likely N-dealkylation sites (N-methyl/N-ethyl adjacent to an activating group) is 1. The molecule has 0 atom stereocenters. The fraction of sp³-hybridized carbons (Fsp3) is 0.462. The second-order valence-electron chi connectivity index (χ2n) is 4.64. The second kappa shape index (κ2) is 5.29. The average molecular weight is 233 g/mol. The molecule has 0 saturated carbocycles. The van der Waals surface area contributed by atoms with Crippen molar-refractivity contribution in [3.8, 4) is 0 Å². The zero-order valence-corrected chi connectivity index (χ0v) is 10.2. The van der Waals surface area contributed by atoms with Crippen LogP contribution in [0.5, 0.6) is 0 Å². The van der Waals surface area contributed by atoms with Crippen molar-refractivity contribution in [1.29, 1.82) is 0 Å². The smallest absolute Gasteiger partial charge is 0.248 e. The molecule has 4 nitrogen and oxygen atoms in total. The van der Waals surface area contributed by atoms with Crippen LogP contribution in [0.1, 0.15) is 15.9 Å². The third-order valence-corrected chi connectivity index (χ3v) is 3.24. The summed E-state index contributed by atoms with van der Waals surface area (Å²) < 4.78 is 0. The van der Waals surface area contributed by atoms with E-state index in [1.165, 1.54) is 5.56 Å². The van der Waals surface area contributed by atoms with E-state index in [9.17, 15) is 4.79 Å². The number of primary amides is 1. The summed E-state index contributed by atoms with van der Waals surface area (Å²) in [5.74, 6) is -0.365. The number of nitrogens with two attached hydrogens (primary N) is 1. The minimum Gasteiger partial charge on any atom is -0.366 e. The van der Waals surface area contributed by atoms with E-state index in [2.05, 4.69) is 16.8 Å². The van der Waals surface area contributed by atoms with E-state index in [-0.39, 0.29) is 5.91 Å². The quantitative estimate of drug-likeness (QED) is 0.828. The predicted molar refractivity (Wildman–Crippen MR) is 67.7 cm³/mol. The van der Waals surface area contributed by atoms with Gasteiger partial charge in [0, 0.05) is 38.3 Å². The molecule has 1 aliphatic rings. The van der Waals surface area contributed by atoms with Crippen LogP contribution in [0.4, 0.5) is 0 Å². The van der Waals surface area contributed by atoms with Crippen molar-refractivity contribution >= 4 is 5.91 Å². The Morgan fingerprint density at radius 1 is 1.18 bits per heavy atom. The van der Waals surface area contributed by atoms with Crippen molar-refractivity contribution in [2.45, 2.75) is 6.54 Å². The first-order valence-corrected chi connectivity index (χ1v) is 5.95. The minimum atomic E-state index is -0.365. The minimum absolute atomic E-state index is 0.365. The fourth-order valence-electron chi connectivity index (χ4n) is 2.04. The maximum absolute atomic E-state index is 10.9. The van der Waals surface area contributed by atoms with Gasteiger partial charge in [0.2, 0.25) is 5.91 Å². The number of carbonyl (C=O) groups is 1. The molecule has 1 aliphatic heterocycles. The lowest BCUT2D eigenvalue weighted by molar-refractivity contribution is 0.1000. The Hall–Kier alpha value is -1.39. The standard InChI is InChI=1S/C13H19N3O/c1-15-6-8-16(9-7-15)10-11-2-4-12(5-3-11)13(14)17/h2-5H,6-10H2,1H3,(H2,14,17). The second-order valence-corrected chi connectivity index (χ2v) is 4.64. The largest absolute Gasteiger partial charge is 0.366 e. The number of amides is 1. The van der Waals surface area contributed by atoms with Gasteiger partial charge in [0.05, 0.1) is 0 Å². The van der Waals surface area contributed by atoms with Crippen LogP contribution in [0.15, 0.2) is 24.3 Å². The van der Waals surface area contributed by atoms with E-state index in [0.29, 0.717) is 5.56 Å². The SMILES string of the molecule is CN1CCN(Cc2ccc(C(N)=O)cc2)CC1. The molecule has 17 heavy (non-hydrogen) atoms. The Bertz CT molecular complexity index is 380. The normalized spacial score (nSPS) is 18.2. The van der Waals surface area contributed by atoms with Gasteiger partial charge in [0.25, 0.3) is 0 Å². The van der Waals surface area contributed by atoms with E-state index in [1.54, 1.807) is 12.1 Å². The first kappa shape index (κ1) is 12.1. The summed E-state index contributed by atoms with van der Waals surface area (Å²) in [5, 5.41) is 0. The highest BCUT2D eigenvalue weighted by Crippen LogP contribution is 2.09. The monoisotopic (exact) mass is 233 g/mol. The summed E-state index contributed by atoms with van der Waals surface area (Å²) in [4.78, 5) is 15.7. The van der Waals surface area contributed by atoms with Gasteiger partial charge in [-0.05, 0) is 24.7 Å². The molecule has 1 fully saturated rings. The Morgan fingerprint density at radius 3 is 2.29 bits per heavy atom. The van der Waals surface area contributed by atoms with Gasteiger partial charge in [-0.15, -0.1) is 0 Å². The summed E-state index contributed by atoms with van der Waals surface area (Å²) in [7, 11) is 2.15. The number of benzene rings is 1. The summed E-state index contributed by atoms with van der Waals surface area (Å²) in [6.45, 7) is 5.41. The maximum Gasteiger partial charge on any atom is 0.248 e. The number of piperazine rings is 1. The Labute approximate surface area is 102 Å². The van der Waals surface area contributed by atoms with Gasteiger partial charge in [-0.3, -0.25) is 9.69 Å². The van der Waals surface area contributed by atoms with Crippen LogP contribution < -0.4 is 5.73 Å². The van der Waals surface area contributed by atoms with Gasteiger partial charge in [-0.25, -0.2) is 0 Å². The molecule has 0 aliphatic carbocycles. The number of hydrogen-bond donors (Lipinski definition) is 1. The molecule has 0 radical (unpaired) electrons. The molecule has 0 aromatic heterocycles. The lowest BCUT2D eigenvalue weighted by Crippen LogP contribution is -2.43. The highest BCUT2D eigenvalue weighted by Gasteiger charge is 2.13. The maximum atomic E-state index is 10.9. The summed E-state index contributed by atoms with van der Waals surface area (Å²) in [6.07, 6.45) is 0. The van der Waals surface area contributed by atoms with Gasteiger partial charge in [-0.1, -0.05) is 12.1 Å². The van der Waals surface area contributed by atoms with Crippen molar-refractivity contribution in [3.63, 3.8) is 0 Å². The Morgan fingerprint density at radius 2 is 1.76 bits per heavy atom. The number of carbonyl (C=O) groups excluding carboxylic acids is 1. The first-order valence-electron chi connectivity index (χ1n) is 5.95. The van der Waals surface area contributed by atoms with Crippen LogP contribution in [-0.2, 0) is 6.54 Å². The van der Waals surface area contributed by atoms with E-state index < -0.39 is 0 Å².